The average Bonchev–Trinajstić information content (AvgIpc) is 2.80. The van der Waals surface area contributed by atoms with Crippen LogP contribution in [-0.2, 0) is 6.42 Å². The van der Waals surface area contributed by atoms with Gasteiger partial charge < -0.3 is 5.32 Å². The molecule has 2 heterocycles. The minimum atomic E-state index is 0.322. The topological polar surface area (TPSA) is 24.9 Å². The predicted octanol–water partition coefficient (Wildman–Crippen LogP) is 4.85. The lowest BCUT2D eigenvalue weighted by Crippen LogP contribution is -2.17. The molecule has 0 saturated carbocycles. The summed E-state index contributed by atoms with van der Waals surface area (Å²) in [5.41, 5.74) is 1.15. The lowest BCUT2D eigenvalue weighted by molar-refractivity contribution is 0.600. The van der Waals surface area contributed by atoms with Crippen molar-refractivity contribution in [2.75, 3.05) is 7.05 Å². The SMILES string of the molecule is CNC(Cc1nc(C)c(C)s1)c1cc(Br)c(Br)s1. The van der Waals surface area contributed by atoms with E-state index in [1.165, 1.54) is 14.8 Å². The molecule has 2 aromatic rings. The van der Waals surface area contributed by atoms with Crippen molar-refractivity contribution < 1.29 is 0 Å². The monoisotopic (exact) mass is 408 g/mol. The molecule has 0 amide bonds. The summed E-state index contributed by atoms with van der Waals surface area (Å²) in [5.74, 6) is 0. The van der Waals surface area contributed by atoms with Crippen molar-refractivity contribution in [3.63, 3.8) is 0 Å². The summed E-state index contributed by atoms with van der Waals surface area (Å²) in [7, 11) is 2.00. The number of halogens is 2. The first kappa shape index (κ1) is 14.7. The zero-order valence-electron chi connectivity index (χ0n) is 10.4. The van der Waals surface area contributed by atoms with Gasteiger partial charge in [0.15, 0.2) is 0 Å². The number of hydrogen-bond acceptors (Lipinski definition) is 4. The first-order valence-electron chi connectivity index (χ1n) is 5.56. The number of likely N-dealkylation sites (N-methyl/N-ethyl adjacent to an activating group) is 1. The van der Waals surface area contributed by atoms with Gasteiger partial charge in [0.1, 0.15) is 0 Å². The molecule has 0 aliphatic rings. The van der Waals surface area contributed by atoms with Crippen LogP contribution in [0.4, 0.5) is 0 Å². The minimum absolute atomic E-state index is 0.322. The fourth-order valence-electron chi connectivity index (χ4n) is 1.68. The number of aryl methyl sites for hydroxylation is 2. The van der Waals surface area contributed by atoms with Gasteiger partial charge in [-0.1, -0.05) is 0 Å². The van der Waals surface area contributed by atoms with Crippen molar-refractivity contribution in [3.8, 4) is 0 Å². The quantitative estimate of drug-likeness (QED) is 0.780. The van der Waals surface area contributed by atoms with Gasteiger partial charge in [-0.2, -0.15) is 0 Å². The molecule has 6 heteroatoms. The molecule has 0 radical (unpaired) electrons. The Morgan fingerprint density at radius 3 is 2.50 bits per heavy atom. The Bertz CT molecular complexity index is 509. The maximum absolute atomic E-state index is 4.61. The Kier molecular flexibility index (Phi) is 4.99. The zero-order chi connectivity index (χ0) is 13.3. The van der Waals surface area contributed by atoms with Crippen molar-refractivity contribution in [3.05, 3.63) is 34.8 Å². The van der Waals surface area contributed by atoms with Crippen LogP contribution in [0, 0.1) is 13.8 Å². The second kappa shape index (κ2) is 6.13. The van der Waals surface area contributed by atoms with Crippen LogP contribution < -0.4 is 5.32 Å². The van der Waals surface area contributed by atoms with Gasteiger partial charge in [0.05, 0.1) is 14.5 Å². The molecular formula is C12H14Br2N2S2. The Balaban J connectivity index is 2.19. The van der Waals surface area contributed by atoms with E-state index < -0.39 is 0 Å². The number of nitrogens with zero attached hydrogens (tertiary/aromatic N) is 1. The molecule has 2 rings (SSSR count). The normalized spacial score (nSPS) is 12.9. The van der Waals surface area contributed by atoms with Crippen LogP contribution in [-0.4, -0.2) is 12.0 Å². The third-order valence-corrected chi connectivity index (χ3v) is 7.27. The summed E-state index contributed by atoms with van der Waals surface area (Å²) in [5, 5.41) is 4.57. The molecule has 0 aliphatic carbocycles. The largest absolute Gasteiger partial charge is 0.312 e. The highest BCUT2D eigenvalue weighted by molar-refractivity contribution is 9.13. The van der Waals surface area contributed by atoms with Crippen LogP contribution in [0.3, 0.4) is 0 Å². The maximum atomic E-state index is 4.61. The highest BCUT2D eigenvalue weighted by atomic mass is 79.9. The van der Waals surface area contributed by atoms with Gasteiger partial charge in [-0.3, -0.25) is 0 Å². The first-order valence-corrected chi connectivity index (χ1v) is 8.78. The molecule has 0 saturated heterocycles. The van der Waals surface area contributed by atoms with Crippen LogP contribution in [0.2, 0.25) is 0 Å². The third-order valence-electron chi connectivity index (χ3n) is 2.81. The van der Waals surface area contributed by atoms with E-state index in [0.717, 1.165) is 20.4 Å². The smallest absolute Gasteiger partial charge is 0.0950 e. The second-order valence-corrected chi connectivity index (χ2v) is 8.61. The highest BCUT2D eigenvalue weighted by Crippen LogP contribution is 2.36. The molecular weight excluding hydrogens is 396 g/mol. The molecule has 18 heavy (non-hydrogen) atoms. The molecule has 0 bridgehead atoms. The van der Waals surface area contributed by atoms with E-state index in [9.17, 15) is 0 Å². The molecule has 2 aromatic heterocycles. The zero-order valence-corrected chi connectivity index (χ0v) is 15.2. The summed E-state index contributed by atoms with van der Waals surface area (Å²) in [6, 6.07) is 2.49. The molecule has 98 valence electrons. The Morgan fingerprint density at radius 2 is 2.06 bits per heavy atom. The van der Waals surface area contributed by atoms with Crippen molar-refractivity contribution in [2.45, 2.75) is 26.3 Å². The van der Waals surface area contributed by atoms with Gasteiger partial charge in [0.25, 0.3) is 0 Å². The van der Waals surface area contributed by atoms with E-state index >= 15 is 0 Å². The van der Waals surface area contributed by atoms with Crippen molar-refractivity contribution >= 4 is 54.5 Å². The number of rotatable bonds is 4. The predicted molar refractivity (Wildman–Crippen MR) is 86.8 cm³/mol. The number of aromatic nitrogens is 1. The van der Waals surface area contributed by atoms with Crippen LogP contribution in [0.15, 0.2) is 14.3 Å². The molecule has 0 aliphatic heterocycles. The fraction of sp³-hybridized carbons (Fsp3) is 0.417. The lowest BCUT2D eigenvalue weighted by Gasteiger charge is -2.12. The molecule has 2 nitrogen and oxygen atoms in total. The summed E-state index contributed by atoms with van der Waals surface area (Å²) in [6.45, 7) is 4.20. The Labute approximate surface area is 132 Å². The van der Waals surface area contributed by atoms with E-state index in [1.54, 1.807) is 22.7 Å². The van der Waals surface area contributed by atoms with E-state index in [0.29, 0.717) is 6.04 Å². The lowest BCUT2D eigenvalue weighted by atomic mass is 10.2. The molecule has 1 unspecified atom stereocenters. The molecule has 0 fully saturated rings. The molecule has 0 aromatic carbocycles. The summed E-state index contributed by atoms with van der Waals surface area (Å²) in [6.07, 6.45) is 0.940. The highest BCUT2D eigenvalue weighted by Gasteiger charge is 2.17. The number of nitrogens with one attached hydrogen (secondary N) is 1. The van der Waals surface area contributed by atoms with Crippen LogP contribution in [0.1, 0.15) is 26.5 Å². The number of thiophene rings is 1. The second-order valence-electron chi connectivity index (χ2n) is 4.06. The average molecular weight is 410 g/mol. The molecule has 1 atom stereocenters. The molecule has 0 spiro atoms. The van der Waals surface area contributed by atoms with Crippen molar-refractivity contribution in [1.29, 1.82) is 0 Å². The number of hydrogen-bond donors (Lipinski definition) is 1. The number of thiazole rings is 1. The minimum Gasteiger partial charge on any atom is -0.312 e. The van der Waals surface area contributed by atoms with E-state index in [4.69, 9.17) is 0 Å². The van der Waals surface area contributed by atoms with Gasteiger partial charge in [0, 0.05) is 26.7 Å². The Hall–Kier alpha value is 0.250. The third kappa shape index (κ3) is 3.22. The van der Waals surface area contributed by atoms with E-state index in [1.807, 2.05) is 7.05 Å². The van der Waals surface area contributed by atoms with Gasteiger partial charge in [-0.25, -0.2) is 4.98 Å². The van der Waals surface area contributed by atoms with E-state index in [2.05, 4.69) is 62.1 Å². The Morgan fingerprint density at radius 1 is 1.33 bits per heavy atom. The van der Waals surface area contributed by atoms with Crippen LogP contribution >= 0.6 is 54.5 Å². The van der Waals surface area contributed by atoms with Gasteiger partial charge in [-0.05, 0) is 58.8 Å². The fourth-order valence-corrected chi connectivity index (χ4v) is 4.86. The maximum Gasteiger partial charge on any atom is 0.0950 e. The van der Waals surface area contributed by atoms with Gasteiger partial charge in [-0.15, -0.1) is 22.7 Å². The summed E-state index contributed by atoms with van der Waals surface area (Å²) >= 11 is 10.6. The van der Waals surface area contributed by atoms with Crippen molar-refractivity contribution in [2.24, 2.45) is 0 Å². The van der Waals surface area contributed by atoms with Crippen molar-refractivity contribution in [1.82, 2.24) is 10.3 Å². The van der Waals surface area contributed by atoms with Gasteiger partial charge >= 0.3 is 0 Å². The standard InChI is InChI=1S/C12H14Br2N2S2/c1-6-7(2)17-11(16-6)5-9(15-3)10-4-8(13)12(14)18-10/h4,9,15H,5H2,1-3H3. The van der Waals surface area contributed by atoms with Gasteiger partial charge in [0.2, 0.25) is 0 Å². The summed E-state index contributed by atoms with van der Waals surface area (Å²) in [4.78, 5) is 7.25. The molecule has 1 N–H and O–H groups in total. The van der Waals surface area contributed by atoms with Crippen LogP contribution in [0.25, 0.3) is 0 Å². The first-order chi connectivity index (χ1) is 8.51. The van der Waals surface area contributed by atoms with Crippen LogP contribution in [0.5, 0.6) is 0 Å². The van der Waals surface area contributed by atoms with E-state index in [-0.39, 0.29) is 0 Å². The summed E-state index contributed by atoms with van der Waals surface area (Å²) < 4.78 is 2.26.